The molecule has 5 nitrogen and oxygen atoms in total. The molecule has 2 aromatic carbocycles. The van der Waals surface area contributed by atoms with Crippen LogP contribution < -0.4 is 16.4 Å². The van der Waals surface area contributed by atoms with Gasteiger partial charge < -0.3 is 16.4 Å². The van der Waals surface area contributed by atoms with Gasteiger partial charge in [0.25, 0.3) is 0 Å². The Hall–Kier alpha value is -3.26. The van der Waals surface area contributed by atoms with E-state index >= 15 is 0 Å². The number of benzene rings is 2. The van der Waals surface area contributed by atoms with E-state index < -0.39 is 11.7 Å². The molecule has 38 heavy (non-hydrogen) atoms. The van der Waals surface area contributed by atoms with Gasteiger partial charge in [0.2, 0.25) is 0 Å². The SMILES string of the molecule is C[C@@H]1CCCN1CC1N=C(Nc2ccc(C(C)(C)C)cc2)c2ccc(C/C(=C\C=C/N)C(F)(F)F)cc2N1. The summed E-state index contributed by atoms with van der Waals surface area (Å²) in [6, 6.07) is 14.2. The molecule has 8 heteroatoms. The standard InChI is InChI=1S/C30H38F3N5/c1-20-7-6-16-38(20)19-27-36-26-18-21(17-23(8-5-15-34)30(31,32)33)9-14-25(26)28(37-27)35-24-12-10-22(11-13-24)29(2,3)4/h5,8-15,18,20,27,36H,6-7,16-17,19,34H2,1-4H3,(H,35,37)/b15-5-,23-8+/t20-,27?/m1/s1. The molecule has 2 atom stereocenters. The first-order valence-corrected chi connectivity index (χ1v) is 13.2. The number of nitrogens with zero attached hydrogens (tertiary/aromatic N) is 2. The van der Waals surface area contributed by atoms with E-state index in [-0.39, 0.29) is 18.0 Å². The van der Waals surface area contributed by atoms with E-state index in [0.29, 0.717) is 17.4 Å². The van der Waals surface area contributed by atoms with Gasteiger partial charge in [0.05, 0.1) is 0 Å². The number of halogens is 3. The van der Waals surface area contributed by atoms with Gasteiger partial charge in [-0.15, -0.1) is 0 Å². The zero-order valence-corrected chi connectivity index (χ0v) is 22.6. The molecule has 2 aliphatic rings. The number of aliphatic imine (C=N–C) groups is 1. The molecular formula is C30H38F3N5. The van der Waals surface area contributed by atoms with E-state index in [1.807, 2.05) is 18.2 Å². The van der Waals surface area contributed by atoms with Gasteiger partial charge in [0.15, 0.2) is 0 Å². The highest BCUT2D eigenvalue weighted by atomic mass is 19.4. The van der Waals surface area contributed by atoms with Crippen molar-refractivity contribution >= 4 is 17.2 Å². The number of hydrogen-bond acceptors (Lipinski definition) is 5. The highest BCUT2D eigenvalue weighted by molar-refractivity contribution is 6.12. The van der Waals surface area contributed by atoms with Crippen LogP contribution in [-0.4, -0.2) is 42.2 Å². The van der Waals surface area contributed by atoms with Crippen LogP contribution in [0.1, 0.15) is 57.2 Å². The maximum atomic E-state index is 13.6. The molecule has 0 aromatic heterocycles. The molecule has 1 saturated heterocycles. The van der Waals surface area contributed by atoms with Crippen molar-refractivity contribution in [3.05, 3.63) is 83.1 Å². The molecule has 0 bridgehead atoms. The summed E-state index contributed by atoms with van der Waals surface area (Å²) in [5.74, 6) is 0.711. The summed E-state index contributed by atoms with van der Waals surface area (Å²) in [5, 5.41) is 6.95. The molecule has 0 aliphatic carbocycles. The Morgan fingerprint density at radius 1 is 1.16 bits per heavy atom. The highest BCUT2D eigenvalue weighted by Crippen LogP contribution is 2.32. The number of amidine groups is 1. The summed E-state index contributed by atoms with van der Waals surface area (Å²) in [6.45, 7) is 10.5. The fourth-order valence-electron chi connectivity index (χ4n) is 4.97. The first kappa shape index (κ1) is 27.8. The number of rotatable bonds is 6. The molecular weight excluding hydrogens is 487 g/mol. The van der Waals surface area contributed by atoms with Crippen molar-refractivity contribution < 1.29 is 13.2 Å². The van der Waals surface area contributed by atoms with Crippen LogP contribution in [0.5, 0.6) is 0 Å². The Morgan fingerprint density at radius 3 is 2.50 bits per heavy atom. The summed E-state index contributed by atoms with van der Waals surface area (Å²) < 4.78 is 40.8. The molecule has 1 unspecified atom stereocenters. The Kier molecular flexibility index (Phi) is 8.21. The fraction of sp³-hybridized carbons (Fsp3) is 0.433. The number of anilines is 2. The second kappa shape index (κ2) is 11.2. The average molecular weight is 526 g/mol. The van der Waals surface area contributed by atoms with Gasteiger partial charge in [-0.3, -0.25) is 4.90 Å². The first-order chi connectivity index (χ1) is 17.9. The van der Waals surface area contributed by atoms with Crippen LogP contribution in [0, 0.1) is 0 Å². The highest BCUT2D eigenvalue weighted by Gasteiger charge is 2.33. The van der Waals surface area contributed by atoms with Gasteiger partial charge in [-0.1, -0.05) is 45.0 Å². The number of allylic oxidation sites excluding steroid dienone is 3. The molecule has 204 valence electrons. The van der Waals surface area contributed by atoms with Gasteiger partial charge in [-0.25, -0.2) is 4.99 Å². The van der Waals surface area contributed by atoms with Crippen LogP contribution in [0.25, 0.3) is 0 Å². The minimum atomic E-state index is -4.44. The van der Waals surface area contributed by atoms with Crippen molar-refractivity contribution in [3.63, 3.8) is 0 Å². The average Bonchev–Trinajstić information content (AvgIpc) is 3.24. The molecule has 1 fully saturated rings. The van der Waals surface area contributed by atoms with E-state index in [1.54, 1.807) is 12.1 Å². The van der Waals surface area contributed by atoms with Crippen LogP contribution in [-0.2, 0) is 11.8 Å². The van der Waals surface area contributed by atoms with Gasteiger partial charge in [0.1, 0.15) is 12.0 Å². The van der Waals surface area contributed by atoms with Crippen LogP contribution in [0.4, 0.5) is 24.5 Å². The van der Waals surface area contributed by atoms with E-state index in [4.69, 9.17) is 10.7 Å². The lowest BCUT2D eigenvalue weighted by atomic mass is 9.87. The zero-order valence-electron chi connectivity index (χ0n) is 22.6. The second-order valence-electron chi connectivity index (χ2n) is 11.2. The maximum Gasteiger partial charge on any atom is 0.413 e. The van der Waals surface area contributed by atoms with E-state index in [1.165, 1.54) is 11.6 Å². The molecule has 2 aromatic rings. The topological polar surface area (TPSA) is 65.7 Å². The van der Waals surface area contributed by atoms with Crippen LogP contribution in [0.15, 0.2) is 71.4 Å². The lowest BCUT2D eigenvalue weighted by Gasteiger charge is -2.31. The van der Waals surface area contributed by atoms with Crippen molar-refractivity contribution in [2.24, 2.45) is 10.7 Å². The predicted molar refractivity (Wildman–Crippen MR) is 151 cm³/mol. The summed E-state index contributed by atoms with van der Waals surface area (Å²) in [4.78, 5) is 7.41. The molecule has 0 saturated carbocycles. The number of alkyl halides is 3. The molecule has 0 spiro atoms. The molecule has 2 heterocycles. The number of fused-ring (bicyclic) bond motifs is 1. The number of nitrogens with two attached hydrogens (primary N) is 1. The molecule has 2 aliphatic heterocycles. The molecule has 0 amide bonds. The predicted octanol–water partition coefficient (Wildman–Crippen LogP) is 6.58. The summed E-state index contributed by atoms with van der Waals surface area (Å²) in [7, 11) is 0. The lowest BCUT2D eigenvalue weighted by Crippen LogP contribution is -2.40. The largest absolute Gasteiger partial charge is 0.413 e. The molecule has 4 N–H and O–H groups in total. The first-order valence-electron chi connectivity index (χ1n) is 13.2. The molecule has 0 radical (unpaired) electrons. The third kappa shape index (κ3) is 6.78. The monoisotopic (exact) mass is 525 g/mol. The van der Waals surface area contributed by atoms with Crippen molar-refractivity contribution in [1.29, 1.82) is 0 Å². The van der Waals surface area contributed by atoms with Crippen LogP contribution in [0.2, 0.25) is 0 Å². The van der Waals surface area contributed by atoms with Crippen molar-refractivity contribution in [3.8, 4) is 0 Å². The number of likely N-dealkylation sites (tertiary alicyclic amines) is 1. The lowest BCUT2D eigenvalue weighted by molar-refractivity contribution is -0.0931. The van der Waals surface area contributed by atoms with Crippen molar-refractivity contribution in [2.45, 2.75) is 70.8 Å². The Morgan fingerprint density at radius 2 is 1.89 bits per heavy atom. The van der Waals surface area contributed by atoms with Gasteiger partial charge in [-0.2, -0.15) is 13.2 Å². The normalized spacial score (nSPS) is 20.8. The Balaban J connectivity index is 1.64. The maximum absolute atomic E-state index is 13.6. The van der Waals surface area contributed by atoms with Gasteiger partial charge >= 0.3 is 6.18 Å². The quantitative estimate of drug-likeness (QED) is 0.373. The third-order valence-corrected chi connectivity index (χ3v) is 7.23. The Labute approximate surface area is 223 Å². The summed E-state index contributed by atoms with van der Waals surface area (Å²) >= 11 is 0. The number of nitrogens with one attached hydrogen (secondary N) is 2. The zero-order chi connectivity index (χ0) is 27.5. The summed E-state index contributed by atoms with van der Waals surface area (Å²) in [6.07, 6.45) is 0.765. The third-order valence-electron chi connectivity index (χ3n) is 7.23. The minimum Gasteiger partial charge on any atom is -0.405 e. The van der Waals surface area contributed by atoms with Crippen molar-refractivity contribution in [2.75, 3.05) is 23.7 Å². The van der Waals surface area contributed by atoms with Crippen LogP contribution in [0.3, 0.4) is 0 Å². The van der Waals surface area contributed by atoms with Gasteiger partial charge in [-0.05, 0) is 79.4 Å². The van der Waals surface area contributed by atoms with Crippen LogP contribution >= 0.6 is 0 Å². The minimum absolute atomic E-state index is 0.0506. The van der Waals surface area contributed by atoms with Gasteiger partial charge in [0, 0.05) is 41.5 Å². The number of hydrogen-bond donors (Lipinski definition) is 3. The second-order valence-corrected chi connectivity index (χ2v) is 11.2. The molecule has 4 rings (SSSR count). The van der Waals surface area contributed by atoms with Crippen molar-refractivity contribution in [1.82, 2.24) is 4.90 Å². The summed E-state index contributed by atoms with van der Waals surface area (Å²) in [5.41, 5.74) is 9.00. The smallest absolute Gasteiger partial charge is 0.405 e. The Bertz CT molecular complexity index is 1210. The van der Waals surface area contributed by atoms with E-state index in [2.05, 4.69) is 55.4 Å². The van der Waals surface area contributed by atoms with E-state index in [9.17, 15) is 13.2 Å². The van der Waals surface area contributed by atoms with E-state index in [0.717, 1.165) is 55.1 Å². The fourth-order valence-corrected chi connectivity index (χ4v) is 4.97.